The quantitative estimate of drug-likeness (QED) is 0.888. The monoisotopic (exact) mass is 267 g/mol. The van der Waals surface area contributed by atoms with Crippen LogP contribution in [-0.2, 0) is 11.2 Å². The van der Waals surface area contributed by atoms with Crippen LogP contribution in [-0.4, -0.2) is 32.9 Å². The van der Waals surface area contributed by atoms with Crippen molar-refractivity contribution in [2.75, 3.05) is 26.8 Å². The predicted octanol–water partition coefficient (Wildman–Crippen LogP) is 2.39. The molecule has 1 aliphatic heterocycles. The van der Waals surface area contributed by atoms with Crippen LogP contribution in [0.3, 0.4) is 0 Å². The molecule has 106 valence electrons. The van der Waals surface area contributed by atoms with E-state index in [2.05, 4.69) is 12.2 Å². The lowest BCUT2D eigenvalue weighted by Gasteiger charge is -2.30. The molecule has 0 aromatic heterocycles. The number of rotatable bonds is 5. The fraction of sp³-hybridized carbons (Fsp3) is 0.600. The highest BCUT2D eigenvalue weighted by Gasteiger charge is 2.24. The van der Waals surface area contributed by atoms with E-state index in [1.54, 1.807) is 19.2 Å². The van der Waals surface area contributed by atoms with E-state index < -0.39 is 0 Å². The zero-order valence-electron chi connectivity index (χ0n) is 11.6. The summed E-state index contributed by atoms with van der Waals surface area (Å²) in [4.78, 5) is 0. The second-order valence-electron chi connectivity index (χ2n) is 4.94. The van der Waals surface area contributed by atoms with Gasteiger partial charge in [0.1, 0.15) is 11.6 Å². The van der Waals surface area contributed by atoms with Crippen LogP contribution in [0.15, 0.2) is 18.2 Å². The van der Waals surface area contributed by atoms with Crippen LogP contribution >= 0.6 is 0 Å². The molecule has 0 aliphatic carbocycles. The molecule has 2 unspecified atom stereocenters. The zero-order valence-corrected chi connectivity index (χ0v) is 11.6. The topological polar surface area (TPSA) is 30.5 Å². The summed E-state index contributed by atoms with van der Waals surface area (Å²) >= 11 is 0. The van der Waals surface area contributed by atoms with Gasteiger partial charge in [0.15, 0.2) is 0 Å². The average Bonchev–Trinajstić information content (AvgIpc) is 2.46. The smallest absolute Gasteiger partial charge is 0.123 e. The molecule has 4 heteroatoms. The van der Waals surface area contributed by atoms with Gasteiger partial charge in [0.25, 0.3) is 0 Å². The molecule has 1 aromatic carbocycles. The van der Waals surface area contributed by atoms with Gasteiger partial charge in [0, 0.05) is 13.1 Å². The van der Waals surface area contributed by atoms with Crippen molar-refractivity contribution in [3.63, 3.8) is 0 Å². The van der Waals surface area contributed by atoms with Gasteiger partial charge in [-0.15, -0.1) is 0 Å². The fourth-order valence-electron chi connectivity index (χ4n) is 2.62. The molecule has 0 saturated carbocycles. The number of hydrogen-bond acceptors (Lipinski definition) is 3. The molecule has 0 bridgehead atoms. The van der Waals surface area contributed by atoms with E-state index >= 15 is 0 Å². The maximum Gasteiger partial charge on any atom is 0.123 e. The molecule has 1 heterocycles. The highest BCUT2D eigenvalue weighted by atomic mass is 19.1. The van der Waals surface area contributed by atoms with Crippen molar-refractivity contribution in [1.29, 1.82) is 0 Å². The molecular weight excluding hydrogens is 245 g/mol. The van der Waals surface area contributed by atoms with Gasteiger partial charge in [0.05, 0.1) is 19.8 Å². The van der Waals surface area contributed by atoms with Crippen molar-refractivity contribution in [2.24, 2.45) is 5.92 Å². The third-order valence-corrected chi connectivity index (χ3v) is 3.73. The Balaban J connectivity index is 2.10. The molecule has 19 heavy (non-hydrogen) atoms. The summed E-state index contributed by atoms with van der Waals surface area (Å²) < 4.78 is 24.5. The number of morpholine rings is 1. The molecule has 1 aliphatic rings. The number of hydrogen-bond donors (Lipinski definition) is 1. The molecule has 2 atom stereocenters. The number of ether oxygens (including phenoxy) is 2. The molecule has 1 N–H and O–H groups in total. The first-order valence-electron chi connectivity index (χ1n) is 6.89. The van der Waals surface area contributed by atoms with E-state index in [0.717, 1.165) is 43.9 Å². The van der Waals surface area contributed by atoms with Crippen molar-refractivity contribution in [2.45, 2.75) is 25.9 Å². The van der Waals surface area contributed by atoms with E-state index in [4.69, 9.17) is 9.47 Å². The van der Waals surface area contributed by atoms with Gasteiger partial charge in [0.2, 0.25) is 0 Å². The van der Waals surface area contributed by atoms with Gasteiger partial charge >= 0.3 is 0 Å². The fourth-order valence-corrected chi connectivity index (χ4v) is 2.62. The van der Waals surface area contributed by atoms with Crippen molar-refractivity contribution in [3.05, 3.63) is 29.6 Å². The number of nitrogens with one attached hydrogen (secondary N) is 1. The summed E-state index contributed by atoms with van der Waals surface area (Å²) in [5.41, 5.74) is 0.920. The predicted molar refractivity (Wildman–Crippen MR) is 73.0 cm³/mol. The Bertz CT molecular complexity index is 405. The Hall–Kier alpha value is -1.13. The van der Waals surface area contributed by atoms with E-state index in [0.29, 0.717) is 5.92 Å². The number of halogens is 1. The Kier molecular flexibility index (Phi) is 5.16. The molecule has 1 saturated heterocycles. The second-order valence-corrected chi connectivity index (χ2v) is 4.94. The highest BCUT2D eigenvalue weighted by Crippen LogP contribution is 2.26. The third-order valence-electron chi connectivity index (χ3n) is 3.73. The average molecular weight is 267 g/mol. The largest absolute Gasteiger partial charge is 0.496 e. The van der Waals surface area contributed by atoms with Gasteiger partial charge in [-0.25, -0.2) is 4.39 Å². The Labute approximate surface area is 114 Å². The molecule has 0 radical (unpaired) electrons. The first-order chi connectivity index (χ1) is 9.24. The summed E-state index contributed by atoms with van der Waals surface area (Å²) in [5, 5.41) is 3.35. The van der Waals surface area contributed by atoms with Crippen LogP contribution in [0, 0.1) is 11.7 Å². The van der Waals surface area contributed by atoms with Gasteiger partial charge in [-0.2, -0.15) is 0 Å². The normalized spacial score (nSPS) is 21.1. The van der Waals surface area contributed by atoms with Crippen LogP contribution in [0.4, 0.5) is 4.39 Å². The van der Waals surface area contributed by atoms with Crippen LogP contribution in [0.1, 0.15) is 18.9 Å². The van der Waals surface area contributed by atoms with Crippen molar-refractivity contribution < 1.29 is 13.9 Å². The van der Waals surface area contributed by atoms with Crippen molar-refractivity contribution in [3.8, 4) is 5.75 Å². The second kappa shape index (κ2) is 6.87. The molecule has 1 aromatic rings. The van der Waals surface area contributed by atoms with E-state index in [1.807, 2.05) is 0 Å². The summed E-state index contributed by atoms with van der Waals surface area (Å²) in [6.45, 7) is 4.68. The standard InChI is InChI=1S/C15H22FNO2/c1-3-11(15-10-17-6-7-19-15)8-12-9-13(16)4-5-14(12)18-2/h4-5,9,11,15,17H,3,6-8,10H2,1-2H3. The minimum absolute atomic E-state index is 0.201. The maximum atomic E-state index is 13.4. The van der Waals surface area contributed by atoms with Crippen LogP contribution in [0.2, 0.25) is 0 Å². The Morgan fingerprint density at radius 2 is 2.37 bits per heavy atom. The summed E-state index contributed by atoms with van der Waals surface area (Å²) in [5.74, 6) is 0.917. The lowest BCUT2D eigenvalue weighted by molar-refractivity contribution is -0.0102. The molecule has 0 spiro atoms. The summed E-state index contributed by atoms with van der Waals surface area (Å²) in [7, 11) is 1.62. The van der Waals surface area contributed by atoms with Gasteiger partial charge in [-0.05, 0) is 36.1 Å². The van der Waals surface area contributed by atoms with E-state index in [1.165, 1.54) is 6.07 Å². The highest BCUT2D eigenvalue weighted by molar-refractivity contribution is 5.34. The molecule has 0 amide bonds. The first kappa shape index (κ1) is 14.3. The van der Waals surface area contributed by atoms with Crippen LogP contribution in [0.25, 0.3) is 0 Å². The zero-order chi connectivity index (χ0) is 13.7. The minimum atomic E-state index is -0.214. The maximum absolute atomic E-state index is 13.4. The third kappa shape index (κ3) is 3.67. The number of methoxy groups -OCH3 is 1. The van der Waals surface area contributed by atoms with E-state index in [9.17, 15) is 4.39 Å². The van der Waals surface area contributed by atoms with Crippen molar-refractivity contribution >= 4 is 0 Å². The van der Waals surface area contributed by atoms with Crippen molar-refractivity contribution in [1.82, 2.24) is 5.32 Å². The molecule has 3 nitrogen and oxygen atoms in total. The van der Waals surface area contributed by atoms with Crippen LogP contribution in [0.5, 0.6) is 5.75 Å². The minimum Gasteiger partial charge on any atom is -0.496 e. The lowest BCUT2D eigenvalue weighted by atomic mass is 9.90. The molecule has 2 rings (SSSR count). The van der Waals surface area contributed by atoms with Crippen LogP contribution < -0.4 is 10.1 Å². The van der Waals surface area contributed by atoms with Gasteiger partial charge in [-0.1, -0.05) is 13.3 Å². The number of benzene rings is 1. The SMILES string of the molecule is CCC(Cc1cc(F)ccc1OC)C1CNCCO1. The lowest BCUT2D eigenvalue weighted by Crippen LogP contribution is -2.43. The Morgan fingerprint density at radius 1 is 1.53 bits per heavy atom. The van der Waals surface area contributed by atoms with E-state index in [-0.39, 0.29) is 11.9 Å². The van der Waals surface area contributed by atoms with Gasteiger partial charge in [-0.3, -0.25) is 0 Å². The summed E-state index contributed by atoms with van der Waals surface area (Å²) in [6.07, 6.45) is 1.99. The first-order valence-corrected chi connectivity index (χ1v) is 6.89. The Morgan fingerprint density at radius 3 is 3.00 bits per heavy atom. The molecular formula is C15H22FNO2. The van der Waals surface area contributed by atoms with Gasteiger partial charge < -0.3 is 14.8 Å². The summed E-state index contributed by atoms with van der Waals surface area (Å²) in [6, 6.07) is 4.69. The molecule has 1 fully saturated rings.